The molecule has 0 radical (unpaired) electrons. The van der Waals surface area contributed by atoms with Crippen LogP contribution in [0.1, 0.15) is 52.9 Å². The molecule has 0 bridgehead atoms. The average molecular weight is 251 g/mol. The Morgan fingerprint density at radius 1 is 1.50 bits per heavy atom. The van der Waals surface area contributed by atoms with Crippen LogP contribution in [-0.4, -0.2) is 36.6 Å². The van der Waals surface area contributed by atoms with Crippen LogP contribution in [0.3, 0.4) is 0 Å². The topological polar surface area (TPSA) is 39.1 Å². The van der Waals surface area contributed by atoms with Crippen LogP contribution in [0, 0.1) is 17.2 Å². The fourth-order valence-electron chi connectivity index (χ4n) is 3.27. The van der Waals surface area contributed by atoms with Crippen molar-refractivity contribution in [3.63, 3.8) is 0 Å². The molecule has 1 aliphatic carbocycles. The Morgan fingerprint density at radius 3 is 2.72 bits per heavy atom. The molecule has 0 spiro atoms. The predicted molar refractivity (Wildman–Crippen MR) is 76.4 cm³/mol. The molecule has 18 heavy (non-hydrogen) atoms. The summed E-state index contributed by atoms with van der Waals surface area (Å²) in [6, 6.07) is 3.19. The minimum absolute atomic E-state index is 0.255. The molecule has 3 nitrogen and oxygen atoms in total. The second-order valence-electron chi connectivity index (χ2n) is 5.60. The fourth-order valence-corrected chi connectivity index (χ4v) is 3.27. The molecule has 1 saturated carbocycles. The van der Waals surface area contributed by atoms with E-state index in [1.807, 2.05) is 7.05 Å². The summed E-state index contributed by atoms with van der Waals surface area (Å²) in [5, 5.41) is 12.7. The van der Waals surface area contributed by atoms with Crippen LogP contribution in [0.2, 0.25) is 0 Å². The van der Waals surface area contributed by atoms with Gasteiger partial charge in [0.05, 0.1) is 6.07 Å². The summed E-state index contributed by atoms with van der Waals surface area (Å²) in [5.41, 5.74) is -0.255. The van der Waals surface area contributed by atoms with Crippen molar-refractivity contribution >= 4 is 0 Å². The van der Waals surface area contributed by atoms with Gasteiger partial charge in [-0.25, -0.2) is 0 Å². The molecule has 0 aromatic heterocycles. The third-order valence-corrected chi connectivity index (χ3v) is 4.85. The minimum atomic E-state index is -0.255. The lowest BCUT2D eigenvalue weighted by atomic mass is 9.86. The summed E-state index contributed by atoms with van der Waals surface area (Å²) in [5.74, 6) is 0.519. The first kappa shape index (κ1) is 15.5. The van der Waals surface area contributed by atoms with E-state index in [9.17, 15) is 5.26 Å². The summed E-state index contributed by atoms with van der Waals surface area (Å²) < 4.78 is 0. The van der Waals surface area contributed by atoms with Gasteiger partial charge in [0.15, 0.2) is 0 Å². The van der Waals surface area contributed by atoms with E-state index in [1.165, 1.54) is 19.3 Å². The van der Waals surface area contributed by atoms with Crippen LogP contribution in [0.15, 0.2) is 0 Å². The Bertz CT molecular complexity index is 284. The van der Waals surface area contributed by atoms with Gasteiger partial charge < -0.3 is 10.2 Å². The lowest BCUT2D eigenvalue weighted by molar-refractivity contribution is 0.186. The highest BCUT2D eigenvalue weighted by atomic mass is 15.1. The number of nitrogens with one attached hydrogen (secondary N) is 1. The molecular weight excluding hydrogens is 222 g/mol. The molecule has 1 fully saturated rings. The fraction of sp³-hybridized carbons (Fsp3) is 0.933. The van der Waals surface area contributed by atoms with E-state index in [-0.39, 0.29) is 5.54 Å². The highest BCUT2D eigenvalue weighted by molar-refractivity contribution is 5.13. The van der Waals surface area contributed by atoms with Crippen LogP contribution in [0.5, 0.6) is 0 Å². The largest absolute Gasteiger partial charge is 0.302 e. The van der Waals surface area contributed by atoms with Crippen molar-refractivity contribution in [1.82, 2.24) is 10.2 Å². The zero-order valence-corrected chi connectivity index (χ0v) is 12.5. The zero-order chi connectivity index (χ0) is 13.6. The van der Waals surface area contributed by atoms with E-state index in [0.29, 0.717) is 12.0 Å². The first-order valence-corrected chi connectivity index (χ1v) is 7.47. The molecule has 0 aromatic rings. The lowest BCUT2D eigenvalue weighted by Crippen LogP contribution is -2.46. The van der Waals surface area contributed by atoms with Gasteiger partial charge in [-0.05, 0) is 58.7 Å². The molecule has 3 unspecified atom stereocenters. The van der Waals surface area contributed by atoms with Crippen molar-refractivity contribution in [2.24, 2.45) is 5.92 Å². The third kappa shape index (κ3) is 3.24. The predicted octanol–water partition coefficient (Wildman–Crippen LogP) is 2.78. The highest BCUT2D eigenvalue weighted by Gasteiger charge is 2.41. The van der Waals surface area contributed by atoms with E-state index in [0.717, 1.165) is 25.9 Å². The lowest BCUT2D eigenvalue weighted by Gasteiger charge is -2.32. The Morgan fingerprint density at radius 2 is 2.22 bits per heavy atom. The van der Waals surface area contributed by atoms with Crippen molar-refractivity contribution in [3.05, 3.63) is 0 Å². The van der Waals surface area contributed by atoms with Crippen molar-refractivity contribution in [1.29, 1.82) is 5.26 Å². The van der Waals surface area contributed by atoms with Gasteiger partial charge in [0.1, 0.15) is 5.54 Å². The molecule has 3 heteroatoms. The van der Waals surface area contributed by atoms with Gasteiger partial charge in [0, 0.05) is 6.04 Å². The third-order valence-electron chi connectivity index (χ3n) is 4.85. The normalized spacial score (nSPS) is 29.4. The molecule has 0 aliphatic heterocycles. The van der Waals surface area contributed by atoms with E-state index in [2.05, 4.69) is 37.1 Å². The Labute approximate surface area is 113 Å². The maximum Gasteiger partial charge on any atom is 0.109 e. The van der Waals surface area contributed by atoms with Gasteiger partial charge in [0.2, 0.25) is 0 Å². The van der Waals surface area contributed by atoms with E-state index in [4.69, 9.17) is 0 Å². The van der Waals surface area contributed by atoms with Gasteiger partial charge in [0.25, 0.3) is 0 Å². The highest BCUT2D eigenvalue weighted by Crippen LogP contribution is 2.37. The van der Waals surface area contributed by atoms with Gasteiger partial charge in [-0.1, -0.05) is 20.3 Å². The summed E-state index contributed by atoms with van der Waals surface area (Å²) in [7, 11) is 1.94. The molecule has 3 atom stereocenters. The number of rotatable bonds is 7. The standard InChI is InChI=1S/C15H29N3/c1-5-13(3)18(6-2)11-9-14-8-7-10-15(14,12-16)17-4/h13-14,17H,5-11H2,1-4H3. The Balaban J connectivity index is 2.54. The number of hydrogen-bond acceptors (Lipinski definition) is 3. The van der Waals surface area contributed by atoms with Gasteiger partial charge >= 0.3 is 0 Å². The molecule has 1 rings (SSSR count). The van der Waals surface area contributed by atoms with Crippen LogP contribution in [-0.2, 0) is 0 Å². The quantitative estimate of drug-likeness (QED) is 0.756. The van der Waals surface area contributed by atoms with Crippen LogP contribution >= 0.6 is 0 Å². The first-order chi connectivity index (χ1) is 8.63. The SMILES string of the molecule is CCC(C)N(CC)CCC1CCCC1(C#N)NC. The zero-order valence-electron chi connectivity index (χ0n) is 12.5. The molecule has 0 amide bonds. The summed E-state index contributed by atoms with van der Waals surface area (Å²) in [6.45, 7) is 9.02. The molecule has 104 valence electrons. The van der Waals surface area contributed by atoms with E-state index < -0.39 is 0 Å². The maximum atomic E-state index is 9.44. The maximum absolute atomic E-state index is 9.44. The number of hydrogen-bond donors (Lipinski definition) is 1. The van der Waals surface area contributed by atoms with E-state index >= 15 is 0 Å². The minimum Gasteiger partial charge on any atom is -0.302 e. The second-order valence-corrected chi connectivity index (χ2v) is 5.60. The monoisotopic (exact) mass is 251 g/mol. The van der Waals surface area contributed by atoms with E-state index in [1.54, 1.807) is 0 Å². The van der Waals surface area contributed by atoms with Crippen molar-refractivity contribution in [2.75, 3.05) is 20.1 Å². The molecule has 0 saturated heterocycles. The molecule has 1 aliphatic rings. The van der Waals surface area contributed by atoms with Gasteiger partial charge in [-0.2, -0.15) is 5.26 Å². The number of nitrogens with zero attached hydrogens (tertiary/aromatic N) is 2. The van der Waals surface area contributed by atoms with Crippen molar-refractivity contribution in [2.45, 2.75) is 64.5 Å². The summed E-state index contributed by atoms with van der Waals surface area (Å²) in [6.07, 6.45) is 5.75. The average Bonchev–Trinajstić information content (AvgIpc) is 2.82. The second kappa shape index (κ2) is 7.11. The van der Waals surface area contributed by atoms with Crippen molar-refractivity contribution in [3.8, 4) is 6.07 Å². The molecule has 1 N–H and O–H groups in total. The van der Waals surface area contributed by atoms with Gasteiger partial charge in [-0.15, -0.1) is 0 Å². The molecular formula is C15H29N3. The molecule has 0 heterocycles. The Kier molecular flexibility index (Phi) is 6.11. The first-order valence-electron chi connectivity index (χ1n) is 7.47. The Hall–Kier alpha value is -0.590. The number of nitriles is 1. The van der Waals surface area contributed by atoms with Crippen LogP contribution < -0.4 is 5.32 Å². The van der Waals surface area contributed by atoms with Crippen LogP contribution in [0.4, 0.5) is 0 Å². The summed E-state index contributed by atoms with van der Waals surface area (Å²) >= 11 is 0. The van der Waals surface area contributed by atoms with Crippen molar-refractivity contribution < 1.29 is 0 Å². The van der Waals surface area contributed by atoms with Gasteiger partial charge in [-0.3, -0.25) is 0 Å². The summed E-state index contributed by atoms with van der Waals surface area (Å²) in [4.78, 5) is 2.54. The van der Waals surface area contributed by atoms with Crippen LogP contribution in [0.25, 0.3) is 0 Å². The smallest absolute Gasteiger partial charge is 0.109 e. The molecule has 0 aromatic carbocycles.